The highest BCUT2D eigenvalue weighted by atomic mass is 32.3. The Bertz CT molecular complexity index is 891. The van der Waals surface area contributed by atoms with E-state index in [-0.39, 0.29) is 6.54 Å². The molecular formula is C14H18F3N3O5S. The van der Waals surface area contributed by atoms with Crippen LogP contribution < -0.4 is 4.57 Å². The molecule has 12 heteroatoms. The van der Waals surface area contributed by atoms with Crippen molar-refractivity contribution in [3.05, 3.63) is 30.1 Å². The van der Waals surface area contributed by atoms with Crippen LogP contribution in [-0.4, -0.2) is 49.5 Å². The number of hydrogen-bond acceptors (Lipinski definition) is 5. The summed E-state index contributed by atoms with van der Waals surface area (Å²) in [6.45, 7) is -0.344. The van der Waals surface area contributed by atoms with E-state index in [0.29, 0.717) is 11.0 Å². The zero-order valence-electron chi connectivity index (χ0n) is 14.4. The molecule has 2 aromatic rings. The van der Waals surface area contributed by atoms with Gasteiger partial charge in [0.2, 0.25) is 10.4 Å². The van der Waals surface area contributed by atoms with Gasteiger partial charge in [0.25, 0.3) is 5.91 Å². The van der Waals surface area contributed by atoms with E-state index < -0.39 is 28.3 Å². The second kappa shape index (κ2) is 8.01. The third-order valence-electron chi connectivity index (χ3n) is 3.36. The first kappa shape index (κ1) is 21.9. The second-order valence-corrected chi connectivity index (χ2v) is 6.47. The number of para-hydroxylation sites is 2. The maximum absolute atomic E-state index is 13.2. The number of alkyl halides is 3. The number of carbonyl (C=O) groups is 1. The summed E-state index contributed by atoms with van der Waals surface area (Å²) >= 11 is 0. The van der Waals surface area contributed by atoms with Crippen LogP contribution in [0.2, 0.25) is 0 Å². The molecular weight excluding hydrogens is 379 g/mol. The molecule has 0 N–H and O–H groups in total. The topological polar surface area (TPSA) is 95.6 Å². The van der Waals surface area contributed by atoms with Gasteiger partial charge in [-0.05, 0) is 12.1 Å². The molecule has 1 aromatic heterocycles. The molecule has 26 heavy (non-hydrogen) atoms. The van der Waals surface area contributed by atoms with Gasteiger partial charge in [0, 0.05) is 14.1 Å². The highest BCUT2D eigenvalue weighted by Crippen LogP contribution is 2.30. The van der Waals surface area contributed by atoms with Gasteiger partial charge in [0.05, 0.1) is 14.2 Å². The number of imidazole rings is 1. The van der Waals surface area contributed by atoms with Gasteiger partial charge < -0.3 is 9.45 Å². The van der Waals surface area contributed by atoms with Gasteiger partial charge in [-0.15, -0.1) is 0 Å². The van der Waals surface area contributed by atoms with Crippen LogP contribution in [0, 0.1) is 0 Å². The number of fused-ring (bicyclic) bond motifs is 1. The van der Waals surface area contributed by atoms with E-state index in [1.165, 1.54) is 26.0 Å². The molecule has 0 saturated carbocycles. The van der Waals surface area contributed by atoms with Crippen LogP contribution in [0.3, 0.4) is 0 Å². The van der Waals surface area contributed by atoms with Crippen molar-refractivity contribution in [3.63, 3.8) is 0 Å². The van der Waals surface area contributed by atoms with Crippen molar-refractivity contribution in [1.82, 2.24) is 9.47 Å². The lowest BCUT2D eigenvalue weighted by Gasteiger charge is -2.10. The first-order valence-corrected chi connectivity index (χ1v) is 8.39. The van der Waals surface area contributed by atoms with E-state index in [1.807, 2.05) is 0 Å². The molecule has 0 bridgehead atoms. The molecule has 146 valence electrons. The average molecular weight is 397 g/mol. The smallest absolute Gasteiger partial charge is 0.495 e. The predicted molar refractivity (Wildman–Crippen MR) is 83.5 cm³/mol. The van der Waals surface area contributed by atoms with Crippen LogP contribution in [0.15, 0.2) is 24.3 Å². The van der Waals surface area contributed by atoms with Crippen molar-refractivity contribution < 1.29 is 39.7 Å². The monoisotopic (exact) mass is 397 g/mol. The standard InChI is InChI=1S/C13H15F3N3O.CH4O4S/c1-17(2)11(20)8-19-10-7-5-4-6-9(10)18(3)12(19)13(14,15)16;1-5-6(2,3)4/h4-7H,8H2,1-3H3;1H3,(H,2,3,4)/q+1;/p-1. The summed E-state index contributed by atoms with van der Waals surface area (Å²) in [5.74, 6) is -1.23. The largest absolute Gasteiger partial charge is 0.726 e. The summed E-state index contributed by atoms with van der Waals surface area (Å²) in [5, 5.41) is 0. The van der Waals surface area contributed by atoms with E-state index in [1.54, 1.807) is 24.3 Å². The third-order valence-corrected chi connectivity index (χ3v) is 3.77. The fraction of sp³-hybridized carbons (Fsp3) is 0.429. The number of likely N-dealkylation sites (N-methyl/N-ethyl adjacent to an activating group) is 1. The minimum absolute atomic E-state index is 0.344. The van der Waals surface area contributed by atoms with Crippen molar-refractivity contribution in [2.75, 3.05) is 21.2 Å². The molecule has 1 heterocycles. The molecule has 0 unspecified atom stereocenters. The SMILES string of the molecule is CN(C)C(=O)Cn1c(C(F)(F)F)[n+](C)c2ccccc21.COS(=O)(=O)[O-]. The first-order chi connectivity index (χ1) is 11.8. The van der Waals surface area contributed by atoms with E-state index in [9.17, 15) is 30.9 Å². The fourth-order valence-electron chi connectivity index (χ4n) is 2.17. The molecule has 0 atom stereocenters. The number of benzene rings is 1. The summed E-state index contributed by atoms with van der Waals surface area (Å²) in [6.07, 6.45) is -4.53. The Balaban J connectivity index is 0.000000487. The van der Waals surface area contributed by atoms with E-state index >= 15 is 0 Å². The van der Waals surface area contributed by atoms with Gasteiger partial charge in [-0.25, -0.2) is 17.6 Å². The summed E-state index contributed by atoms with van der Waals surface area (Å²) < 4.78 is 72.8. The lowest BCUT2D eigenvalue weighted by Crippen LogP contribution is -2.39. The maximum Gasteiger partial charge on any atom is 0.495 e. The van der Waals surface area contributed by atoms with Crippen molar-refractivity contribution in [1.29, 1.82) is 0 Å². The van der Waals surface area contributed by atoms with Gasteiger partial charge in [-0.3, -0.25) is 8.98 Å². The average Bonchev–Trinajstić information content (AvgIpc) is 2.80. The van der Waals surface area contributed by atoms with E-state index in [2.05, 4.69) is 4.18 Å². The second-order valence-electron chi connectivity index (χ2n) is 5.32. The van der Waals surface area contributed by atoms with Crippen molar-refractivity contribution in [3.8, 4) is 0 Å². The van der Waals surface area contributed by atoms with Crippen LogP contribution in [0.25, 0.3) is 11.0 Å². The molecule has 1 aromatic carbocycles. The Morgan fingerprint density at radius 1 is 1.31 bits per heavy atom. The van der Waals surface area contributed by atoms with Crippen LogP contribution in [-0.2, 0) is 39.1 Å². The highest BCUT2D eigenvalue weighted by molar-refractivity contribution is 7.80. The molecule has 2 rings (SSSR count). The van der Waals surface area contributed by atoms with Crippen molar-refractivity contribution >= 4 is 27.3 Å². The maximum atomic E-state index is 13.2. The highest BCUT2D eigenvalue weighted by Gasteiger charge is 2.46. The first-order valence-electron chi connectivity index (χ1n) is 7.05. The zero-order valence-corrected chi connectivity index (χ0v) is 15.3. The number of hydrogen-bond donors (Lipinski definition) is 0. The molecule has 8 nitrogen and oxygen atoms in total. The Labute approximate surface area is 148 Å². The summed E-state index contributed by atoms with van der Waals surface area (Å²) in [5.41, 5.74) is 0.823. The molecule has 0 spiro atoms. The fourth-order valence-corrected chi connectivity index (χ4v) is 2.17. The van der Waals surface area contributed by atoms with Crippen LogP contribution in [0.4, 0.5) is 13.2 Å². The van der Waals surface area contributed by atoms with E-state index in [0.717, 1.165) is 16.2 Å². The number of amides is 1. The quantitative estimate of drug-likeness (QED) is 0.431. The molecule has 1 amide bonds. The van der Waals surface area contributed by atoms with Crippen molar-refractivity contribution in [2.24, 2.45) is 7.05 Å². The van der Waals surface area contributed by atoms with Crippen molar-refractivity contribution in [2.45, 2.75) is 12.7 Å². The Morgan fingerprint density at radius 3 is 2.23 bits per heavy atom. The molecule has 0 radical (unpaired) electrons. The van der Waals surface area contributed by atoms with Gasteiger partial charge in [0.1, 0.15) is 0 Å². The van der Waals surface area contributed by atoms with Gasteiger partial charge in [-0.1, -0.05) is 12.1 Å². The zero-order chi connectivity index (χ0) is 20.3. The lowest BCUT2D eigenvalue weighted by molar-refractivity contribution is -0.667. The molecule has 0 aliphatic rings. The number of nitrogens with zero attached hydrogens (tertiary/aromatic N) is 3. The van der Waals surface area contributed by atoms with E-state index in [4.69, 9.17) is 0 Å². The minimum Gasteiger partial charge on any atom is -0.726 e. The minimum atomic E-state index is -4.53. The van der Waals surface area contributed by atoms with Crippen LogP contribution in [0.1, 0.15) is 5.82 Å². The number of rotatable bonds is 3. The van der Waals surface area contributed by atoms with Crippen LogP contribution in [0.5, 0.6) is 0 Å². The molecule has 0 saturated heterocycles. The number of aromatic nitrogens is 2. The van der Waals surface area contributed by atoms with Crippen LogP contribution >= 0.6 is 0 Å². The number of carbonyl (C=O) groups excluding carboxylic acids is 1. The molecule has 0 aliphatic carbocycles. The van der Waals surface area contributed by atoms with Gasteiger partial charge >= 0.3 is 12.0 Å². The number of aryl methyl sites for hydroxylation is 1. The Kier molecular flexibility index (Phi) is 6.74. The summed E-state index contributed by atoms with van der Waals surface area (Å²) in [7, 11) is 0.775. The normalized spacial score (nSPS) is 11.8. The Hall–Kier alpha value is -2.18. The molecule has 0 fully saturated rings. The molecule has 0 aliphatic heterocycles. The third kappa shape index (κ3) is 5.41. The Morgan fingerprint density at radius 2 is 1.81 bits per heavy atom. The lowest BCUT2D eigenvalue weighted by atomic mass is 10.3. The summed E-state index contributed by atoms with van der Waals surface area (Å²) in [4.78, 5) is 13.0. The van der Waals surface area contributed by atoms with Gasteiger partial charge in [0.15, 0.2) is 17.6 Å². The number of halogens is 3. The van der Waals surface area contributed by atoms with Gasteiger partial charge in [-0.2, -0.15) is 13.2 Å². The summed E-state index contributed by atoms with van der Waals surface area (Å²) in [6, 6.07) is 6.49. The predicted octanol–water partition coefficient (Wildman–Crippen LogP) is 0.666.